The van der Waals surface area contributed by atoms with E-state index in [0.717, 1.165) is 57.6 Å². The van der Waals surface area contributed by atoms with E-state index >= 15 is 0 Å². The summed E-state index contributed by atoms with van der Waals surface area (Å²) in [7, 11) is 0. The Bertz CT molecular complexity index is 761. The maximum absolute atomic E-state index is 13.7. The second-order valence-corrected chi connectivity index (χ2v) is 6.86. The highest BCUT2D eigenvalue weighted by atomic mass is 19.1. The SMILES string of the molecule is O=C(c1cnn(-c2cccc(F)c2)c1C1CCNCC1)N1CCCC1. The van der Waals surface area contributed by atoms with Crippen LogP contribution in [0.5, 0.6) is 0 Å². The molecule has 2 aliphatic rings. The van der Waals surface area contributed by atoms with Gasteiger partial charge in [-0.1, -0.05) is 6.07 Å². The number of nitrogens with one attached hydrogen (secondary N) is 1. The van der Waals surface area contributed by atoms with Gasteiger partial charge in [-0.2, -0.15) is 5.10 Å². The first-order chi connectivity index (χ1) is 12.2. The Morgan fingerprint density at radius 1 is 1.20 bits per heavy atom. The van der Waals surface area contributed by atoms with Gasteiger partial charge < -0.3 is 10.2 Å². The number of carbonyl (C=O) groups is 1. The van der Waals surface area contributed by atoms with E-state index in [1.54, 1.807) is 16.9 Å². The number of piperidine rings is 1. The van der Waals surface area contributed by atoms with Crippen LogP contribution in [0.1, 0.15) is 47.7 Å². The van der Waals surface area contributed by atoms with Crippen LogP contribution < -0.4 is 5.32 Å². The third-order valence-corrected chi connectivity index (χ3v) is 5.21. The Morgan fingerprint density at radius 2 is 1.96 bits per heavy atom. The minimum absolute atomic E-state index is 0.0636. The summed E-state index contributed by atoms with van der Waals surface area (Å²) in [5, 5.41) is 7.84. The highest BCUT2D eigenvalue weighted by Crippen LogP contribution is 2.31. The van der Waals surface area contributed by atoms with Crippen molar-refractivity contribution < 1.29 is 9.18 Å². The van der Waals surface area contributed by atoms with Gasteiger partial charge in [0, 0.05) is 19.0 Å². The minimum atomic E-state index is -0.295. The molecule has 2 fully saturated rings. The number of likely N-dealkylation sites (tertiary alicyclic amines) is 1. The van der Waals surface area contributed by atoms with Gasteiger partial charge in [-0.15, -0.1) is 0 Å². The first-order valence-electron chi connectivity index (χ1n) is 9.08. The zero-order valence-corrected chi connectivity index (χ0v) is 14.2. The van der Waals surface area contributed by atoms with Crippen LogP contribution in [0.3, 0.4) is 0 Å². The molecule has 3 heterocycles. The number of hydrogen-bond donors (Lipinski definition) is 1. The summed E-state index contributed by atoms with van der Waals surface area (Å²) in [5.41, 5.74) is 2.29. The predicted octanol–water partition coefficient (Wildman–Crippen LogP) is 2.71. The summed E-state index contributed by atoms with van der Waals surface area (Å²) in [4.78, 5) is 14.9. The predicted molar refractivity (Wildman–Crippen MR) is 93.5 cm³/mol. The normalized spacial score (nSPS) is 18.7. The van der Waals surface area contributed by atoms with Crippen molar-refractivity contribution >= 4 is 5.91 Å². The van der Waals surface area contributed by atoms with Gasteiger partial charge >= 0.3 is 0 Å². The molecule has 1 amide bonds. The van der Waals surface area contributed by atoms with Crippen LogP contribution in [0.15, 0.2) is 30.5 Å². The van der Waals surface area contributed by atoms with Crippen molar-refractivity contribution in [3.63, 3.8) is 0 Å². The molecule has 2 saturated heterocycles. The van der Waals surface area contributed by atoms with Crippen molar-refractivity contribution in [1.82, 2.24) is 20.0 Å². The third-order valence-electron chi connectivity index (χ3n) is 5.21. The molecule has 25 heavy (non-hydrogen) atoms. The molecule has 0 spiro atoms. The van der Waals surface area contributed by atoms with Gasteiger partial charge in [0.1, 0.15) is 5.82 Å². The van der Waals surface area contributed by atoms with Crippen LogP contribution in [0.4, 0.5) is 4.39 Å². The molecule has 2 aromatic rings. The van der Waals surface area contributed by atoms with E-state index in [9.17, 15) is 9.18 Å². The number of aromatic nitrogens is 2. The second-order valence-electron chi connectivity index (χ2n) is 6.86. The van der Waals surface area contributed by atoms with E-state index in [2.05, 4.69) is 10.4 Å². The maximum atomic E-state index is 13.7. The molecule has 0 bridgehead atoms. The van der Waals surface area contributed by atoms with Crippen LogP contribution in [-0.4, -0.2) is 46.8 Å². The van der Waals surface area contributed by atoms with E-state index in [1.807, 2.05) is 11.0 Å². The Hall–Kier alpha value is -2.21. The molecule has 0 atom stereocenters. The molecule has 1 aromatic heterocycles. The summed E-state index contributed by atoms with van der Waals surface area (Å²) in [6.45, 7) is 3.48. The quantitative estimate of drug-likeness (QED) is 0.933. The fourth-order valence-corrected chi connectivity index (χ4v) is 3.92. The lowest BCUT2D eigenvalue weighted by Crippen LogP contribution is -2.31. The van der Waals surface area contributed by atoms with E-state index in [1.165, 1.54) is 12.1 Å². The van der Waals surface area contributed by atoms with Crippen molar-refractivity contribution in [3.8, 4) is 5.69 Å². The molecule has 6 heteroatoms. The van der Waals surface area contributed by atoms with Gasteiger partial charge in [0.25, 0.3) is 5.91 Å². The lowest BCUT2D eigenvalue weighted by Gasteiger charge is -2.25. The monoisotopic (exact) mass is 342 g/mol. The molecule has 4 rings (SSSR count). The molecule has 132 valence electrons. The Morgan fingerprint density at radius 3 is 2.68 bits per heavy atom. The average molecular weight is 342 g/mol. The highest BCUT2D eigenvalue weighted by molar-refractivity contribution is 5.95. The van der Waals surface area contributed by atoms with Crippen LogP contribution in [0.25, 0.3) is 5.69 Å². The topological polar surface area (TPSA) is 50.2 Å². The van der Waals surface area contributed by atoms with Gasteiger partial charge in [0.15, 0.2) is 0 Å². The lowest BCUT2D eigenvalue weighted by atomic mass is 9.91. The van der Waals surface area contributed by atoms with Crippen LogP contribution in [0.2, 0.25) is 0 Å². The van der Waals surface area contributed by atoms with Gasteiger partial charge in [-0.25, -0.2) is 9.07 Å². The summed E-state index contributed by atoms with van der Waals surface area (Å²) in [5.74, 6) is 0.0268. The maximum Gasteiger partial charge on any atom is 0.257 e. The number of benzene rings is 1. The first-order valence-corrected chi connectivity index (χ1v) is 9.08. The fourth-order valence-electron chi connectivity index (χ4n) is 3.92. The molecule has 0 saturated carbocycles. The first kappa shape index (κ1) is 16.3. The molecule has 1 N–H and O–H groups in total. The fraction of sp³-hybridized carbons (Fsp3) is 0.474. The van der Waals surface area contributed by atoms with E-state index in [-0.39, 0.29) is 17.6 Å². The molecule has 0 aliphatic carbocycles. The van der Waals surface area contributed by atoms with Crippen molar-refractivity contribution in [1.29, 1.82) is 0 Å². The number of nitrogens with zero attached hydrogens (tertiary/aromatic N) is 3. The van der Waals surface area contributed by atoms with Crippen molar-refractivity contribution in [3.05, 3.63) is 47.5 Å². The van der Waals surface area contributed by atoms with Crippen molar-refractivity contribution in [2.45, 2.75) is 31.6 Å². The lowest BCUT2D eigenvalue weighted by molar-refractivity contribution is 0.0791. The van der Waals surface area contributed by atoms with Gasteiger partial charge in [0.2, 0.25) is 0 Å². The average Bonchev–Trinajstić information content (AvgIpc) is 3.32. The van der Waals surface area contributed by atoms with E-state index in [0.29, 0.717) is 11.3 Å². The molecular weight excluding hydrogens is 319 g/mol. The summed E-state index contributed by atoms with van der Waals surface area (Å²) in [6, 6.07) is 6.42. The third kappa shape index (κ3) is 3.18. The number of carbonyl (C=O) groups excluding carboxylic acids is 1. The van der Waals surface area contributed by atoms with Crippen LogP contribution >= 0.6 is 0 Å². The zero-order valence-electron chi connectivity index (χ0n) is 14.2. The molecular formula is C19H23FN4O. The largest absolute Gasteiger partial charge is 0.339 e. The smallest absolute Gasteiger partial charge is 0.257 e. The molecule has 5 nitrogen and oxygen atoms in total. The zero-order chi connectivity index (χ0) is 17.2. The van der Waals surface area contributed by atoms with Gasteiger partial charge in [0.05, 0.1) is 23.1 Å². The van der Waals surface area contributed by atoms with E-state index < -0.39 is 0 Å². The molecule has 1 aromatic carbocycles. The number of amides is 1. The molecule has 2 aliphatic heterocycles. The Kier molecular flexibility index (Phi) is 4.53. The summed E-state index contributed by atoms with van der Waals surface area (Å²) in [6.07, 6.45) is 5.71. The number of hydrogen-bond acceptors (Lipinski definition) is 3. The summed E-state index contributed by atoms with van der Waals surface area (Å²) < 4.78 is 15.5. The van der Waals surface area contributed by atoms with Gasteiger partial charge in [-0.05, 0) is 57.0 Å². The molecule has 0 radical (unpaired) electrons. The Labute approximate surface area is 146 Å². The number of rotatable bonds is 3. The second kappa shape index (κ2) is 6.96. The van der Waals surface area contributed by atoms with Crippen molar-refractivity contribution in [2.24, 2.45) is 0 Å². The number of halogens is 1. The minimum Gasteiger partial charge on any atom is -0.339 e. The standard InChI is InChI=1S/C19H23FN4O/c20-15-4-3-5-16(12-15)24-18(14-6-8-21-9-7-14)17(13-22-24)19(25)23-10-1-2-11-23/h3-5,12-14,21H,1-2,6-11H2. The van der Waals surface area contributed by atoms with Crippen LogP contribution in [0, 0.1) is 5.82 Å². The highest BCUT2D eigenvalue weighted by Gasteiger charge is 2.30. The summed E-state index contributed by atoms with van der Waals surface area (Å²) >= 11 is 0. The van der Waals surface area contributed by atoms with Gasteiger partial charge in [-0.3, -0.25) is 4.79 Å². The van der Waals surface area contributed by atoms with Crippen molar-refractivity contribution in [2.75, 3.05) is 26.2 Å². The van der Waals surface area contributed by atoms with Crippen LogP contribution in [-0.2, 0) is 0 Å². The van der Waals surface area contributed by atoms with E-state index in [4.69, 9.17) is 0 Å². The molecule has 0 unspecified atom stereocenters. The Balaban J connectivity index is 1.77.